The van der Waals surface area contributed by atoms with Gasteiger partial charge in [-0.15, -0.1) is 0 Å². The van der Waals surface area contributed by atoms with Crippen LogP contribution >= 0.6 is 0 Å². The van der Waals surface area contributed by atoms with Crippen LogP contribution in [0.1, 0.15) is 48.4 Å². The van der Waals surface area contributed by atoms with Crippen molar-refractivity contribution >= 4 is 5.91 Å². The second kappa shape index (κ2) is 5.33. The monoisotopic (exact) mass is 258 g/mol. The van der Waals surface area contributed by atoms with E-state index in [4.69, 9.17) is 0 Å². The lowest BCUT2D eigenvalue weighted by molar-refractivity contribution is -0.123. The molecule has 3 rings (SSSR count). The molecular weight excluding hydrogens is 236 g/mol. The Morgan fingerprint density at radius 1 is 1.21 bits per heavy atom. The number of hydrogen-bond acceptors (Lipinski definition) is 2. The first-order valence-corrected chi connectivity index (χ1v) is 7.37. The Labute approximate surface area is 114 Å². The SMILES string of the molecule is Cc1ccc2c(c1)C(NC1CCCCNC1=O)CC2. The number of amides is 1. The first-order chi connectivity index (χ1) is 9.24. The third-order valence-corrected chi connectivity index (χ3v) is 4.32. The Balaban J connectivity index is 1.75. The number of hydrogen-bond donors (Lipinski definition) is 2. The molecule has 1 amide bonds. The van der Waals surface area contributed by atoms with Crippen LogP contribution in [0.5, 0.6) is 0 Å². The number of carbonyl (C=O) groups excluding carboxylic acids is 1. The summed E-state index contributed by atoms with van der Waals surface area (Å²) in [7, 11) is 0. The van der Waals surface area contributed by atoms with Gasteiger partial charge in [-0.2, -0.15) is 0 Å². The van der Waals surface area contributed by atoms with E-state index in [9.17, 15) is 4.79 Å². The molecule has 1 aromatic rings. The Hall–Kier alpha value is -1.35. The van der Waals surface area contributed by atoms with Gasteiger partial charge in [0.15, 0.2) is 0 Å². The van der Waals surface area contributed by atoms with Gasteiger partial charge in [0.2, 0.25) is 5.91 Å². The standard InChI is InChI=1S/C16H22N2O/c1-11-5-6-12-7-8-14(13(12)10-11)18-15-4-2-3-9-17-16(15)19/h5-6,10,14-15,18H,2-4,7-9H2,1H3,(H,17,19). The van der Waals surface area contributed by atoms with Gasteiger partial charge in [-0.3, -0.25) is 10.1 Å². The molecule has 2 aliphatic rings. The summed E-state index contributed by atoms with van der Waals surface area (Å²) in [6.07, 6.45) is 5.43. The molecule has 0 aromatic heterocycles. The molecule has 1 fully saturated rings. The highest BCUT2D eigenvalue weighted by Crippen LogP contribution is 2.32. The summed E-state index contributed by atoms with van der Waals surface area (Å²) in [4.78, 5) is 12.0. The van der Waals surface area contributed by atoms with Gasteiger partial charge >= 0.3 is 0 Å². The third-order valence-electron chi connectivity index (χ3n) is 4.32. The number of fused-ring (bicyclic) bond motifs is 1. The maximum atomic E-state index is 12.0. The largest absolute Gasteiger partial charge is 0.355 e. The fourth-order valence-corrected chi connectivity index (χ4v) is 3.24. The van der Waals surface area contributed by atoms with Gasteiger partial charge in [-0.1, -0.05) is 23.8 Å². The zero-order valence-electron chi connectivity index (χ0n) is 11.5. The molecule has 2 atom stereocenters. The first-order valence-electron chi connectivity index (χ1n) is 7.37. The molecule has 0 bridgehead atoms. The van der Waals surface area contributed by atoms with Crippen molar-refractivity contribution in [1.29, 1.82) is 0 Å². The number of nitrogens with one attached hydrogen (secondary N) is 2. The molecule has 1 heterocycles. The lowest BCUT2D eigenvalue weighted by Gasteiger charge is -2.21. The number of benzene rings is 1. The second-order valence-electron chi connectivity index (χ2n) is 5.80. The third kappa shape index (κ3) is 2.66. The predicted octanol–water partition coefficient (Wildman–Crippen LogP) is 2.24. The van der Waals surface area contributed by atoms with Crippen molar-refractivity contribution in [2.75, 3.05) is 6.54 Å². The van der Waals surface area contributed by atoms with Crippen LogP contribution in [0.15, 0.2) is 18.2 Å². The second-order valence-corrected chi connectivity index (χ2v) is 5.80. The zero-order chi connectivity index (χ0) is 13.2. The van der Waals surface area contributed by atoms with Crippen molar-refractivity contribution in [3.63, 3.8) is 0 Å². The molecule has 0 radical (unpaired) electrons. The van der Waals surface area contributed by atoms with Crippen LogP contribution in [0.2, 0.25) is 0 Å². The molecule has 3 heteroatoms. The van der Waals surface area contributed by atoms with Crippen molar-refractivity contribution in [1.82, 2.24) is 10.6 Å². The molecule has 0 saturated carbocycles. The van der Waals surface area contributed by atoms with E-state index in [1.807, 2.05) is 0 Å². The summed E-state index contributed by atoms with van der Waals surface area (Å²) in [5, 5.41) is 6.58. The van der Waals surface area contributed by atoms with E-state index < -0.39 is 0 Å². The summed E-state index contributed by atoms with van der Waals surface area (Å²) in [5.74, 6) is 0.179. The van der Waals surface area contributed by atoms with Crippen LogP contribution < -0.4 is 10.6 Å². The molecule has 102 valence electrons. The Bertz CT molecular complexity index is 484. The molecule has 0 spiro atoms. The molecule has 1 aliphatic carbocycles. The van der Waals surface area contributed by atoms with Gasteiger partial charge in [0, 0.05) is 12.6 Å². The summed E-state index contributed by atoms with van der Waals surface area (Å²) < 4.78 is 0. The minimum atomic E-state index is -0.0148. The quantitative estimate of drug-likeness (QED) is 0.854. The molecule has 2 unspecified atom stereocenters. The minimum Gasteiger partial charge on any atom is -0.355 e. The predicted molar refractivity (Wildman–Crippen MR) is 76.0 cm³/mol. The smallest absolute Gasteiger partial charge is 0.237 e. The van der Waals surface area contributed by atoms with Gasteiger partial charge in [-0.25, -0.2) is 0 Å². The number of rotatable bonds is 2. The fraction of sp³-hybridized carbons (Fsp3) is 0.562. The maximum Gasteiger partial charge on any atom is 0.237 e. The highest BCUT2D eigenvalue weighted by molar-refractivity contribution is 5.82. The van der Waals surface area contributed by atoms with Crippen molar-refractivity contribution in [2.45, 2.75) is 51.1 Å². The highest BCUT2D eigenvalue weighted by Gasteiger charge is 2.28. The molecule has 2 N–H and O–H groups in total. The van der Waals surface area contributed by atoms with Crippen molar-refractivity contribution in [2.24, 2.45) is 0 Å². The highest BCUT2D eigenvalue weighted by atomic mass is 16.2. The molecule has 1 saturated heterocycles. The summed E-state index contributed by atoms with van der Waals surface area (Å²) in [6.45, 7) is 2.96. The Morgan fingerprint density at radius 3 is 3.00 bits per heavy atom. The molecule has 3 nitrogen and oxygen atoms in total. The van der Waals surface area contributed by atoms with Crippen LogP contribution in [-0.4, -0.2) is 18.5 Å². The van der Waals surface area contributed by atoms with Gasteiger partial charge < -0.3 is 5.32 Å². The molecule has 1 aromatic carbocycles. The minimum absolute atomic E-state index is 0.0148. The van der Waals surface area contributed by atoms with E-state index in [0.29, 0.717) is 6.04 Å². The van der Waals surface area contributed by atoms with Crippen molar-refractivity contribution < 1.29 is 4.79 Å². The van der Waals surface area contributed by atoms with E-state index in [1.165, 1.54) is 16.7 Å². The van der Waals surface area contributed by atoms with Crippen LogP contribution in [0.25, 0.3) is 0 Å². The van der Waals surface area contributed by atoms with Crippen molar-refractivity contribution in [3.8, 4) is 0 Å². The Morgan fingerprint density at radius 2 is 2.11 bits per heavy atom. The van der Waals surface area contributed by atoms with Gasteiger partial charge in [0.05, 0.1) is 6.04 Å². The van der Waals surface area contributed by atoms with Crippen LogP contribution in [0.4, 0.5) is 0 Å². The van der Waals surface area contributed by atoms with Crippen LogP contribution in [0.3, 0.4) is 0 Å². The fourth-order valence-electron chi connectivity index (χ4n) is 3.24. The normalized spacial score (nSPS) is 26.7. The lowest BCUT2D eigenvalue weighted by atomic mass is 10.0. The van der Waals surface area contributed by atoms with E-state index in [-0.39, 0.29) is 11.9 Å². The summed E-state index contributed by atoms with van der Waals surface area (Å²) in [5.41, 5.74) is 4.15. The molecule has 1 aliphatic heterocycles. The van der Waals surface area contributed by atoms with E-state index >= 15 is 0 Å². The number of carbonyl (C=O) groups is 1. The molecule has 19 heavy (non-hydrogen) atoms. The number of aryl methyl sites for hydroxylation is 2. The summed E-state index contributed by atoms with van der Waals surface area (Å²) >= 11 is 0. The van der Waals surface area contributed by atoms with Crippen LogP contribution in [-0.2, 0) is 11.2 Å². The van der Waals surface area contributed by atoms with E-state index in [0.717, 1.165) is 38.6 Å². The van der Waals surface area contributed by atoms with Crippen molar-refractivity contribution in [3.05, 3.63) is 34.9 Å². The lowest BCUT2D eigenvalue weighted by Crippen LogP contribution is -2.43. The van der Waals surface area contributed by atoms with Gasteiger partial charge in [0.25, 0.3) is 0 Å². The maximum absolute atomic E-state index is 12.0. The average Bonchev–Trinajstić information content (AvgIpc) is 2.67. The van der Waals surface area contributed by atoms with E-state index in [2.05, 4.69) is 35.8 Å². The first kappa shape index (κ1) is 12.7. The molecular formula is C16H22N2O. The summed E-state index contributed by atoms with van der Waals surface area (Å²) in [6, 6.07) is 7.02. The topological polar surface area (TPSA) is 41.1 Å². The zero-order valence-corrected chi connectivity index (χ0v) is 11.5. The van der Waals surface area contributed by atoms with Crippen LogP contribution in [0, 0.1) is 6.92 Å². The van der Waals surface area contributed by atoms with E-state index in [1.54, 1.807) is 0 Å². The Kier molecular flexibility index (Phi) is 3.56. The van der Waals surface area contributed by atoms with Gasteiger partial charge in [-0.05, 0) is 50.2 Å². The average molecular weight is 258 g/mol. The van der Waals surface area contributed by atoms with Gasteiger partial charge in [0.1, 0.15) is 0 Å².